The number of unbranched alkanes of at least 4 members (excludes halogenated alkanes) is 1. The zero-order valence-corrected chi connectivity index (χ0v) is 15.2. The average molecular weight is 367 g/mol. The van der Waals surface area contributed by atoms with Gasteiger partial charge in [-0.25, -0.2) is 8.42 Å². The van der Waals surface area contributed by atoms with Crippen molar-refractivity contribution >= 4 is 44.8 Å². The second-order valence-electron chi connectivity index (χ2n) is 5.01. The molecule has 0 aliphatic carbocycles. The summed E-state index contributed by atoms with van der Waals surface area (Å²) in [5, 5.41) is 0.346. The first-order valence-electron chi connectivity index (χ1n) is 6.84. The summed E-state index contributed by atoms with van der Waals surface area (Å²) in [6.07, 6.45) is 2.84. The van der Waals surface area contributed by atoms with Crippen LogP contribution in [0.4, 0.5) is 5.69 Å². The van der Waals surface area contributed by atoms with Crippen molar-refractivity contribution in [1.29, 1.82) is 0 Å². The molecule has 0 unspecified atom stereocenters. The zero-order chi connectivity index (χ0) is 16.9. The van der Waals surface area contributed by atoms with Gasteiger partial charge in [-0.1, -0.05) is 42.6 Å². The molecular weight excluding hydrogens is 347 g/mol. The Labute approximate surface area is 141 Å². The van der Waals surface area contributed by atoms with Gasteiger partial charge in [0.15, 0.2) is 0 Å². The van der Waals surface area contributed by atoms with Crippen LogP contribution < -0.4 is 4.31 Å². The van der Waals surface area contributed by atoms with Gasteiger partial charge in [0, 0.05) is 13.6 Å². The summed E-state index contributed by atoms with van der Waals surface area (Å²) in [4.78, 5) is 13.7. The minimum Gasteiger partial charge on any atom is -0.344 e. The highest BCUT2D eigenvalue weighted by atomic mass is 35.5. The lowest BCUT2D eigenvalue weighted by atomic mass is 10.3. The molecule has 0 aliphatic heterocycles. The van der Waals surface area contributed by atoms with E-state index < -0.39 is 10.0 Å². The van der Waals surface area contributed by atoms with Gasteiger partial charge < -0.3 is 4.90 Å². The van der Waals surface area contributed by atoms with Crippen molar-refractivity contribution in [2.75, 3.05) is 30.7 Å². The van der Waals surface area contributed by atoms with Crippen molar-refractivity contribution < 1.29 is 13.2 Å². The van der Waals surface area contributed by atoms with E-state index in [1.807, 2.05) is 6.92 Å². The minimum atomic E-state index is -3.66. The maximum atomic E-state index is 12.2. The van der Waals surface area contributed by atoms with Crippen LogP contribution in [-0.2, 0) is 14.8 Å². The first-order valence-corrected chi connectivity index (χ1v) is 9.44. The van der Waals surface area contributed by atoms with Crippen LogP contribution in [0.15, 0.2) is 18.2 Å². The van der Waals surface area contributed by atoms with E-state index in [4.69, 9.17) is 23.2 Å². The first kappa shape index (κ1) is 19.1. The van der Waals surface area contributed by atoms with E-state index in [9.17, 15) is 13.2 Å². The molecule has 22 heavy (non-hydrogen) atoms. The summed E-state index contributed by atoms with van der Waals surface area (Å²) in [6.45, 7) is 2.29. The van der Waals surface area contributed by atoms with Gasteiger partial charge in [-0.05, 0) is 18.6 Å². The number of nitrogens with zero attached hydrogens (tertiary/aromatic N) is 2. The number of hydrogen-bond acceptors (Lipinski definition) is 3. The molecule has 0 spiro atoms. The van der Waals surface area contributed by atoms with Crippen LogP contribution >= 0.6 is 23.2 Å². The third-order valence-corrected chi connectivity index (χ3v) is 5.09. The Morgan fingerprint density at radius 2 is 1.91 bits per heavy atom. The first-order chi connectivity index (χ1) is 10.2. The fourth-order valence-corrected chi connectivity index (χ4v) is 3.13. The maximum absolute atomic E-state index is 12.2. The summed E-state index contributed by atoms with van der Waals surface area (Å²) in [5.41, 5.74) is 0.203. The lowest BCUT2D eigenvalue weighted by Gasteiger charge is -2.26. The molecule has 0 aromatic heterocycles. The van der Waals surface area contributed by atoms with Crippen LogP contribution in [0, 0.1) is 0 Å². The molecular formula is C14H20Cl2N2O3S. The van der Waals surface area contributed by atoms with Gasteiger partial charge in [0.25, 0.3) is 0 Å². The van der Waals surface area contributed by atoms with E-state index in [-0.39, 0.29) is 28.2 Å². The normalized spacial score (nSPS) is 11.3. The molecule has 124 valence electrons. The number of halogens is 2. The summed E-state index contributed by atoms with van der Waals surface area (Å²) < 4.78 is 25.0. The molecule has 0 saturated carbocycles. The van der Waals surface area contributed by atoms with Crippen molar-refractivity contribution in [3.05, 3.63) is 28.2 Å². The van der Waals surface area contributed by atoms with Crippen molar-refractivity contribution in [2.45, 2.75) is 19.8 Å². The number of hydrogen-bond donors (Lipinski definition) is 0. The Bertz CT molecular complexity index is 635. The second-order valence-corrected chi connectivity index (χ2v) is 7.70. The minimum absolute atomic E-state index is 0.110. The van der Waals surface area contributed by atoms with E-state index in [1.54, 1.807) is 19.2 Å². The number of sulfonamides is 1. The lowest BCUT2D eigenvalue weighted by Crippen LogP contribution is -2.41. The largest absolute Gasteiger partial charge is 0.344 e. The maximum Gasteiger partial charge on any atom is 0.243 e. The van der Waals surface area contributed by atoms with Crippen LogP contribution in [0.3, 0.4) is 0 Å². The van der Waals surface area contributed by atoms with Gasteiger partial charge in [0.1, 0.15) is 6.54 Å². The molecule has 0 heterocycles. The summed E-state index contributed by atoms with van der Waals surface area (Å²) in [5.74, 6) is -0.296. The predicted molar refractivity (Wildman–Crippen MR) is 91.2 cm³/mol. The van der Waals surface area contributed by atoms with Crippen LogP contribution in [0.25, 0.3) is 0 Å². The van der Waals surface area contributed by atoms with E-state index in [2.05, 4.69) is 0 Å². The third kappa shape index (κ3) is 5.04. The average Bonchev–Trinajstić information content (AvgIpc) is 2.44. The van der Waals surface area contributed by atoms with E-state index >= 15 is 0 Å². The van der Waals surface area contributed by atoms with Crippen LogP contribution in [0.1, 0.15) is 19.8 Å². The number of carbonyl (C=O) groups excluding carboxylic acids is 1. The molecule has 5 nitrogen and oxygen atoms in total. The Balaban J connectivity index is 3.06. The Morgan fingerprint density at radius 3 is 2.45 bits per heavy atom. The monoisotopic (exact) mass is 366 g/mol. The summed E-state index contributed by atoms with van der Waals surface area (Å²) in [7, 11) is -2.01. The van der Waals surface area contributed by atoms with Gasteiger partial charge in [-0.15, -0.1) is 0 Å². The van der Waals surface area contributed by atoms with Gasteiger partial charge in [-0.3, -0.25) is 9.10 Å². The second kappa shape index (κ2) is 8.04. The quantitative estimate of drug-likeness (QED) is 0.744. The SMILES string of the molecule is CCCCN(C)C(=O)CN(c1cccc(Cl)c1Cl)S(C)(=O)=O. The van der Waals surface area contributed by atoms with Gasteiger partial charge in [-0.2, -0.15) is 0 Å². The van der Waals surface area contributed by atoms with Crippen molar-refractivity contribution in [2.24, 2.45) is 0 Å². The molecule has 0 radical (unpaired) electrons. The topological polar surface area (TPSA) is 57.7 Å². The number of benzene rings is 1. The predicted octanol–water partition coefficient (Wildman–Crippen LogP) is 3.02. The fraction of sp³-hybridized carbons (Fsp3) is 0.500. The van der Waals surface area contributed by atoms with Crippen molar-refractivity contribution in [1.82, 2.24) is 4.90 Å². The highest BCUT2D eigenvalue weighted by molar-refractivity contribution is 7.92. The molecule has 0 N–H and O–H groups in total. The molecule has 1 rings (SSSR count). The number of carbonyl (C=O) groups is 1. The van der Waals surface area contributed by atoms with Gasteiger partial charge in [0.2, 0.25) is 15.9 Å². The number of amides is 1. The zero-order valence-electron chi connectivity index (χ0n) is 12.8. The third-order valence-electron chi connectivity index (χ3n) is 3.15. The number of likely N-dealkylation sites (N-methyl/N-ethyl adjacent to an activating group) is 1. The van der Waals surface area contributed by atoms with Crippen LogP contribution in [-0.4, -0.2) is 45.6 Å². The van der Waals surface area contributed by atoms with Gasteiger partial charge >= 0.3 is 0 Å². The van der Waals surface area contributed by atoms with E-state index in [0.29, 0.717) is 6.54 Å². The molecule has 0 atom stereocenters. The van der Waals surface area contributed by atoms with Gasteiger partial charge in [0.05, 0.1) is 22.0 Å². The summed E-state index contributed by atoms with van der Waals surface area (Å²) in [6, 6.07) is 4.67. The lowest BCUT2D eigenvalue weighted by molar-refractivity contribution is -0.128. The molecule has 1 aromatic rings. The van der Waals surface area contributed by atoms with Crippen molar-refractivity contribution in [3.8, 4) is 0 Å². The van der Waals surface area contributed by atoms with E-state index in [1.165, 1.54) is 11.0 Å². The molecule has 0 saturated heterocycles. The number of anilines is 1. The fourth-order valence-electron chi connectivity index (χ4n) is 1.83. The Hall–Kier alpha value is -0.980. The molecule has 0 bridgehead atoms. The molecule has 1 aromatic carbocycles. The van der Waals surface area contributed by atoms with Crippen LogP contribution in [0.2, 0.25) is 10.0 Å². The molecule has 1 amide bonds. The van der Waals surface area contributed by atoms with E-state index in [0.717, 1.165) is 23.4 Å². The number of rotatable bonds is 7. The highest BCUT2D eigenvalue weighted by Crippen LogP contribution is 2.33. The standard InChI is InChI=1S/C14H20Cl2N2O3S/c1-4-5-9-17(2)13(19)10-18(22(3,20)21)12-8-6-7-11(15)14(12)16/h6-8H,4-5,9-10H2,1-3H3. The molecule has 8 heteroatoms. The highest BCUT2D eigenvalue weighted by Gasteiger charge is 2.25. The smallest absolute Gasteiger partial charge is 0.243 e. The van der Waals surface area contributed by atoms with Crippen LogP contribution in [0.5, 0.6) is 0 Å². The molecule has 0 fully saturated rings. The Morgan fingerprint density at radius 1 is 1.27 bits per heavy atom. The molecule has 0 aliphatic rings. The summed E-state index contributed by atoms with van der Waals surface area (Å²) >= 11 is 12.0. The Kier molecular flexibility index (Phi) is 6.97. The van der Waals surface area contributed by atoms with Crippen molar-refractivity contribution in [3.63, 3.8) is 0 Å².